The van der Waals surface area contributed by atoms with Gasteiger partial charge < -0.3 is 10.3 Å². The maximum absolute atomic E-state index is 5.69. The molecule has 68 valence electrons. The molecule has 0 atom stereocenters. The van der Waals surface area contributed by atoms with Gasteiger partial charge in [-0.2, -0.15) is 0 Å². The number of thiazole rings is 1. The van der Waals surface area contributed by atoms with Gasteiger partial charge in [-0.1, -0.05) is 0 Å². The Morgan fingerprint density at radius 1 is 1.54 bits per heavy atom. The summed E-state index contributed by atoms with van der Waals surface area (Å²) in [5.41, 5.74) is 8.59. The van der Waals surface area contributed by atoms with Crippen molar-refractivity contribution in [2.75, 3.05) is 5.73 Å². The molecule has 0 aliphatic carbocycles. The second-order valence-corrected chi connectivity index (χ2v) is 3.78. The average molecular weight is 194 g/mol. The lowest BCUT2D eigenvalue weighted by molar-refractivity contribution is 0.792. The highest BCUT2D eigenvalue weighted by molar-refractivity contribution is 7.09. The van der Waals surface area contributed by atoms with Gasteiger partial charge in [0.15, 0.2) is 0 Å². The molecule has 0 saturated carbocycles. The number of nitrogens with zero attached hydrogens (tertiary/aromatic N) is 3. The Hall–Kier alpha value is -1.36. The number of aromatic nitrogens is 3. The first-order valence-corrected chi connectivity index (χ1v) is 4.80. The highest BCUT2D eigenvalue weighted by Crippen LogP contribution is 2.13. The molecule has 0 aliphatic rings. The third-order valence-corrected chi connectivity index (χ3v) is 2.65. The van der Waals surface area contributed by atoms with Gasteiger partial charge in [-0.05, 0) is 6.92 Å². The van der Waals surface area contributed by atoms with Gasteiger partial charge in [-0.15, -0.1) is 11.3 Å². The predicted octanol–water partition coefficient (Wildman–Crippen LogP) is 1.28. The Balaban J connectivity index is 2.27. The Bertz CT molecular complexity index is 371. The number of imidazole rings is 1. The molecule has 2 aromatic rings. The van der Waals surface area contributed by atoms with E-state index in [-0.39, 0.29) is 0 Å². The zero-order valence-corrected chi connectivity index (χ0v) is 8.08. The third kappa shape index (κ3) is 1.55. The molecule has 4 nitrogen and oxygen atoms in total. The van der Waals surface area contributed by atoms with Crippen molar-refractivity contribution >= 4 is 17.3 Å². The molecule has 0 spiro atoms. The van der Waals surface area contributed by atoms with Gasteiger partial charge in [-0.25, -0.2) is 4.98 Å². The van der Waals surface area contributed by atoms with E-state index in [9.17, 15) is 0 Å². The zero-order valence-electron chi connectivity index (χ0n) is 7.27. The molecule has 0 amide bonds. The van der Waals surface area contributed by atoms with E-state index in [0.29, 0.717) is 5.95 Å². The van der Waals surface area contributed by atoms with Crippen LogP contribution in [0.25, 0.3) is 0 Å². The van der Waals surface area contributed by atoms with Crippen LogP contribution in [-0.4, -0.2) is 14.5 Å². The van der Waals surface area contributed by atoms with Crippen molar-refractivity contribution in [1.29, 1.82) is 0 Å². The highest BCUT2D eigenvalue weighted by atomic mass is 32.1. The Labute approximate surface area is 80.1 Å². The van der Waals surface area contributed by atoms with Crippen LogP contribution in [0.3, 0.4) is 0 Å². The van der Waals surface area contributed by atoms with E-state index in [1.165, 1.54) is 4.88 Å². The van der Waals surface area contributed by atoms with Crippen LogP contribution < -0.4 is 5.73 Å². The first-order chi connectivity index (χ1) is 6.27. The third-order valence-electron chi connectivity index (χ3n) is 1.88. The second kappa shape index (κ2) is 3.18. The Kier molecular flexibility index (Phi) is 2.02. The van der Waals surface area contributed by atoms with Crippen LogP contribution in [0.15, 0.2) is 17.9 Å². The summed E-state index contributed by atoms with van der Waals surface area (Å²) in [6.07, 6.45) is 3.62. The van der Waals surface area contributed by atoms with Crippen molar-refractivity contribution in [3.05, 3.63) is 28.5 Å². The molecule has 0 saturated heterocycles. The van der Waals surface area contributed by atoms with Crippen LogP contribution in [0.1, 0.15) is 10.6 Å². The van der Waals surface area contributed by atoms with E-state index in [4.69, 9.17) is 5.73 Å². The zero-order chi connectivity index (χ0) is 9.26. The molecule has 2 N–H and O–H groups in total. The molecule has 0 fully saturated rings. The molecular weight excluding hydrogens is 184 g/mol. The van der Waals surface area contributed by atoms with Gasteiger partial charge in [0, 0.05) is 16.8 Å². The van der Waals surface area contributed by atoms with Crippen LogP contribution in [0.2, 0.25) is 0 Å². The lowest BCUT2D eigenvalue weighted by atomic mass is 10.5. The number of rotatable bonds is 2. The number of aryl methyl sites for hydroxylation is 1. The number of hydrogen-bond donors (Lipinski definition) is 1. The van der Waals surface area contributed by atoms with Crippen molar-refractivity contribution in [3.8, 4) is 0 Å². The normalized spacial score (nSPS) is 10.5. The molecular formula is C8H10N4S. The molecule has 0 aliphatic heterocycles. The SMILES string of the molecule is Cc1cnc(N)n1Cc1cncs1. The van der Waals surface area contributed by atoms with Crippen LogP contribution in [-0.2, 0) is 6.54 Å². The molecule has 2 heterocycles. The van der Waals surface area contributed by atoms with E-state index in [1.807, 2.05) is 23.2 Å². The standard InChI is InChI=1S/C8H10N4S/c1-6-2-11-8(9)12(6)4-7-3-10-5-13-7/h2-3,5H,4H2,1H3,(H2,9,11). The molecule has 13 heavy (non-hydrogen) atoms. The summed E-state index contributed by atoms with van der Waals surface area (Å²) in [4.78, 5) is 9.22. The number of hydrogen-bond acceptors (Lipinski definition) is 4. The first-order valence-electron chi connectivity index (χ1n) is 3.92. The molecule has 2 aromatic heterocycles. The van der Waals surface area contributed by atoms with Gasteiger partial charge in [0.1, 0.15) is 0 Å². The lowest BCUT2D eigenvalue weighted by Gasteiger charge is -2.03. The minimum absolute atomic E-state index is 0.561. The highest BCUT2D eigenvalue weighted by Gasteiger charge is 2.04. The summed E-state index contributed by atoms with van der Waals surface area (Å²) in [7, 11) is 0. The van der Waals surface area contributed by atoms with Gasteiger partial charge in [0.25, 0.3) is 0 Å². The summed E-state index contributed by atoms with van der Waals surface area (Å²) in [5.74, 6) is 0.561. The Morgan fingerprint density at radius 3 is 2.92 bits per heavy atom. The van der Waals surface area contributed by atoms with Crippen molar-refractivity contribution in [3.63, 3.8) is 0 Å². The first kappa shape index (κ1) is 8.25. The monoisotopic (exact) mass is 194 g/mol. The molecule has 0 radical (unpaired) electrons. The Morgan fingerprint density at radius 2 is 2.38 bits per heavy atom. The molecule has 0 bridgehead atoms. The van der Waals surface area contributed by atoms with E-state index in [2.05, 4.69) is 9.97 Å². The molecule has 5 heteroatoms. The fraction of sp³-hybridized carbons (Fsp3) is 0.250. The topological polar surface area (TPSA) is 56.7 Å². The van der Waals surface area contributed by atoms with E-state index >= 15 is 0 Å². The summed E-state index contributed by atoms with van der Waals surface area (Å²) in [6.45, 7) is 2.76. The minimum atomic E-state index is 0.561. The lowest BCUT2D eigenvalue weighted by Crippen LogP contribution is -2.04. The van der Waals surface area contributed by atoms with Gasteiger partial charge in [0.05, 0.1) is 18.3 Å². The molecule has 0 unspecified atom stereocenters. The summed E-state index contributed by atoms with van der Waals surface area (Å²) < 4.78 is 1.97. The smallest absolute Gasteiger partial charge is 0.200 e. The number of nitrogens with two attached hydrogens (primary N) is 1. The molecule has 0 aromatic carbocycles. The second-order valence-electron chi connectivity index (χ2n) is 2.81. The summed E-state index contributed by atoms with van der Waals surface area (Å²) >= 11 is 1.62. The van der Waals surface area contributed by atoms with Gasteiger partial charge in [-0.3, -0.25) is 4.98 Å². The van der Waals surface area contributed by atoms with Crippen LogP contribution in [0.4, 0.5) is 5.95 Å². The van der Waals surface area contributed by atoms with Crippen LogP contribution in [0.5, 0.6) is 0 Å². The minimum Gasteiger partial charge on any atom is -0.369 e. The summed E-state index contributed by atoms with van der Waals surface area (Å²) in [6, 6.07) is 0. The summed E-state index contributed by atoms with van der Waals surface area (Å²) in [5, 5.41) is 0. The predicted molar refractivity (Wildman–Crippen MR) is 52.6 cm³/mol. The van der Waals surface area contributed by atoms with Gasteiger partial charge >= 0.3 is 0 Å². The van der Waals surface area contributed by atoms with Crippen LogP contribution in [0, 0.1) is 6.92 Å². The van der Waals surface area contributed by atoms with Crippen molar-refractivity contribution in [1.82, 2.24) is 14.5 Å². The van der Waals surface area contributed by atoms with E-state index < -0.39 is 0 Å². The van der Waals surface area contributed by atoms with Crippen molar-refractivity contribution < 1.29 is 0 Å². The largest absolute Gasteiger partial charge is 0.369 e. The fourth-order valence-electron chi connectivity index (χ4n) is 1.16. The quantitative estimate of drug-likeness (QED) is 0.783. The van der Waals surface area contributed by atoms with Gasteiger partial charge in [0.2, 0.25) is 5.95 Å². The van der Waals surface area contributed by atoms with Crippen LogP contribution >= 0.6 is 11.3 Å². The van der Waals surface area contributed by atoms with Crippen molar-refractivity contribution in [2.45, 2.75) is 13.5 Å². The fourth-order valence-corrected chi connectivity index (χ4v) is 1.74. The maximum atomic E-state index is 5.69. The maximum Gasteiger partial charge on any atom is 0.200 e. The van der Waals surface area contributed by atoms with Crippen molar-refractivity contribution in [2.24, 2.45) is 0 Å². The number of anilines is 1. The van der Waals surface area contributed by atoms with E-state index in [0.717, 1.165) is 12.2 Å². The molecule has 2 rings (SSSR count). The average Bonchev–Trinajstić information content (AvgIpc) is 2.70. The van der Waals surface area contributed by atoms with E-state index in [1.54, 1.807) is 17.5 Å². The number of nitrogen functional groups attached to an aromatic ring is 1.